The summed E-state index contributed by atoms with van der Waals surface area (Å²) >= 11 is 0. The number of carbonyl (C=O) groups excluding carboxylic acids is 1. The summed E-state index contributed by atoms with van der Waals surface area (Å²) in [6, 6.07) is 11.8. The maximum absolute atomic E-state index is 12.5. The fourth-order valence-electron chi connectivity index (χ4n) is 3.10. The molecule has 2 aromatic carbocycles. The Hall–Kier alpha value is -2.98. The first-order chi connectivity index (χ1) is 16.0. The van der Waals surface area contributed by atoms with Gasteiger partial charge in [-0.3, -0.25) is 4.79 Å². The number of rotatable bonds is 12. The lowest BCUT2D eigenvalue weighted by Crippen LogP contribution is -2.30. The zero-order valence-electron chi connectivity index (χ0n) is 18.7. The molecular formula is C23H30N2O7S. The van der Waals surface area contributed by atoms with Crippen molar-refractivity contribution in [1.29, 1.82) is 0 Å². The summed E-state index contributed by atoms with van der Waals surface area (Å²) in [7, 11) is -3.71. The van der Waals surface area contributed by atoms with E-state index in [2.05, 4.69) is 10.0 Å². The molecule has 2 N–H and O–H groups in total. The van der Waals surface area contributed by atoms with Crippen molar-refractivity contribution in [3.05, 3.63) is 42.5 Å². The second kappa shape index (κ2) is 12.3. The molecule has 1 amide bonds. The van der Waals surface area contributed by atoms with Crippen molar-refractivity contribution >= 4 is 15.9 Å². The van der Waals surface area contributed by atoms with Crippen LogP contribution in [0.15, 0.2) is 47.4 Å². The van der Waals surface area contributed by atoms with Crippen LogP contribution in [0.25, 0.3) is 0 Å². The SMILES string of the molecule is CCOc1ccc(OCCNC(=O)CCCNS(=O)(=O)c2ccc3c(c2)OCCCO3)cc1. The third kappa shape index (κ3) is 7.83. The van der Waals surface area contributed by atoms with Gasteiger partial charge in [-0.15, -0.1) is 0 Å². The number of hydrogen-bond acceptors (Lipinski definition) is 7. The standard InChI is InChI=1S/C23H30N2O7S/c1-2-29-18-6-8-19(9-7-18)30-16-13-24-23(26)5-3-12-25-33(27,28)20-10-11-21-22(17-20)32-15-4-14-31-21/h6-11,17,25H,2-5,12-16H2,1H3,(H,24,26). The highest BCUT2D eigenvalue weighted by Crippen LogP contribution is 2.31. The Morgan fingerprint density at radius 1 is 0.970 bits per heavy atom. The van der Waals surface area contributed by atoms with Crippen molar-refractivity contribution in [3.63, 3.8) is 0 Å². The number of benzene rings is 2. The van der Waals surface area contributed by atoms with Crippen LogP contribution in [0.1, 0.15) is 26.2 Å². The van der Waals surface area contributed by atoms with Crippen LogP contribution in [0.4, 0.5) is 0 Å². The van der Waals surface area contributed by atoms with Crippen molar-refractivity contribution < 1.29 is 32.2 Å². The summed E-state index contributed by atoms with van der Waals surface area (Å²) in [6.07, 6.45) is 1.31. The number of sulfonamides is 1. The zero-order chi connectivity index (χ0) is 23.5. The van der Waals surface area contributed by atoms with Crippen LogP contribution in [0.3, 0.4) is 0 Å². The molecule has 3 rings (SSSR count). The molecule has 0 unspecified atom stereocenters. The van der Waals surface area contributed by atoms with Crippen LogP contribution in [-0.2, 0) is 14.8 Å². The average Bonchev–Trinajstić information content (AvgIpc) is 3.06. The van der Waals surface area contributed by atoms with E-state index in [1.54, 1.807) is 6.07 Å². The first-order valence-electron chi connectivity index (χ1n) is 11.0. The third-order valence-electron chi connectivity index (χ3n) is 4.73. The fourth-order valence-corrected chi connectivity index (χ4v) is 4.19. The van der Waals surface area contributed by atoms with Gasteiger partial charge >= 0.3 is 0 Å². The molecule has 1 heterocycles. The first-order valence-corrected chi connectivity index (χ1v) is 12.5. The van der Waals surface area contributed by atoms with Crippen LogP contribution in [-0.4, -0.2) is 53.8 Å². The second-order valence-electron chi connectivity index (χ2n) is 7.26. The van der Waals surface area contributed by atoms with Crippen LogP contribution in [0, 0.1) is 0 Å². The summed E-state index contributed by atoms with van der Waals surface area (Å²) < 4.78 is 49.6. The van der Waals surface area contributed by atoms with Gasteiger partial charge in [-0.2, -0.15) is 0 Å². The van der Waals surface area contributed by atoms with Gasteiger partial charge in [-0.1, -0.05) is 0 Å². The Kier molecular flexibility index (Phi) is 9.20. The molecule has 33 heavy (non-hydrogen) atoms. The van der Waals surface area contributed by atoms with E-state index in [0.29, 0.717) is 56.6 Å². The van der Waals surface area contributed by atoms with E-state index in [-0.39, 0.29) is 23.8 Å². The highest BCUT2D eigenvalue weighted by Gasteiger charge is 2.18. The molecule has 1 aliphatic rings. The van der Waals surface area contributed by atoms with Gasteiger partial charge in [0.25, 0.3) is 0 Å². The third-order valence-corrected chi connectivity index (χ3v) is 6.19. The van der Waals surface area contributed by atoms with Crippen LogP contribution >= 0.6 is 0 Å². The molecule has 10 heteroatoms. The van der Waals surface area contributed by atoms with E-state index in [1.165, 1.54) is 12.1 Å². The van der Waals surface area contributed by atoms with Crippen molar-refractivity contribution in [3.8, 4) is 23.0 Å². The molecular weight excluding hydrogens is 448 g/mol. The second-order valence-corrected chi connectivity index (χ2v) is 9.03. The van der Waals surface area contributed by atoms with Crippen LogP contribution < -0.4 is 29.0 Å². The minimum absolute atomic E-state index is 0.0997. The number of hydrogen-bond donors (Lipinski definition) is 2. The molecule has 0 saturated heterocycles. The van der Waals surface area contributed by atoms with E-state index in [0.717, 1.165) is 12.2 Å². The van der Waals surface area contributed by atoms with Gasteiger partial charge in [0.05, 0.1) is 31.3 Å². The van der Waals surface area contributed by atoms with Crippen molar-refractivity contribution in [1.82, 2.24) is 10.0 Å². The molecule has 9 nitrogen and oxygen atoms in total. The summed E-state index contributed by atoms with van der Waals surface area (Å²) in [4.78, 5) is 12.1. The minimum atomic E-state index is -3.71. The van der Waals surface area contributed by atoms with Gasteiger partial charge < -0.3 is 24.3 Å². The van der Waals surface area contributed by atoms with E-state index >= 15 is 0 Å². The molecule has 0 spiro atoms. The summed E-state index contributed by atoms with van der Waals surface area (Å²) in [6.45, 7) is 4.37. The molecule has 0 bridgehead atoms. The van der Waals surface area contributed by atoms with Gasteiger partial charge in [-0.05, 0) is 49.7 Å². The Bertz CT molecular complexity index is 1010. The molecule has 2 aromatic rings. The van der Waals surface area contributed by atoms with E-state index in [9.17, 15) is 13.2 Å². The lowest BCUT2D eigenvalue weighted by Gasteiger charge is -2.11. The first kappa shape index (κ1) is 24.7. The molecule has 0 fully saturated rings. The summed E-state index contributed by atoms with van der Waals surface area (Å²) in [5, 5.41) is 2.76. The van der Waals surface area contributed by atoms with Gasteiger partial charge in [0, 0.05) is 25.5 Å². The van der Waals surface area contributed by atoms with Gasteiger partial charge in [0.2, 0.25) is 15.9 Å². The number of amides is 1. The topological polar surface area (TPSA) is 112 Å². The predicted molar refractivity (Wildman–Crippen MR) is 123 cm³/mol. The number of carbonyl (C=O) groups is 1. The molecule has 1 aliphatic heterocycles. The molecule has 0 aromatic heterocycles. The summed E-state index contributed by atoms with van der Waals surface area (Å²) in [5.41, 5.74) is 0. The van der Waals surface area contributed by atoms with Crippen molar-refractivity contribution in [2.24, 2.45) is 0 Å². The van der Waals surface area contributed by atoms with Gasteiger partial charge in [0.15, 0.2) is 11.5 Å². The highest BCUT2D eigenvalue weighted by molar-refractivity contribution is 7.89. The molecule has 0 saturated carbocycles. The Balaban J connectivity index is 1.33. The maximum Gasteiger partial charge on any atom is 0.240 e. The zero-order valence-corrected chi connectivity index (χ0v) is 19.5. The summed E-state index contributed by atoms with van der Waals surface area (Å²) in [5.74, 6) is 2.26. The van der Waals surface area contributed by atoms with Crippen molar-refractivity contribution in [2.45, 2.75) is 31.1 Å². The molecule has 180 valence electrons. The van der Waals surface area contributed by atoms with Crippen molar-refractivity contribution in [2.75, 3.05) is 39.5 Å². The smallest absolute Gasteiger partial charge is 0.240 e. The Morgan fingerprint density at radius 2 is 1.67 bits per heavy atom. The van der Waals surface area contributed by atoms with Gasteiger partial charge in [0.1, 0.15) is 18.1 Å². The number of ether oxygens (including phenoxy) is 4. The van der Waals surface area contributed by atoms with E-state index < -0.39 is 10.0 Å². The highest BCUT2D eigenvalue weighted by atomic mass is 32.2. The molecule has 0 atom stereocenters. The average molecular weight is 479 g/mol. The quantitative estimate of drug-likeness (QED) is 0.451. The fraction of sp³-hybridized carbons (Fsp3) is 0.435. The predicted octanol–water partition coefficient (Wildman–Crippen LogP) is 2.50. The minimum Gasteiger partial charge on any atom is -0.494 e. The number of fused-ring (bicyclic) bond motifs is 1. The maximum atomic E-state index is 12.5. The van der Waals surface area contributed by atoms with Crippen LogP contribution in [0.5, 0.6) is 23.0 Å². The van der Waals surface area contributed by atoms with Crippen LogP contribution in [0.2, 0.25) is 0 Å². The van der Waals surface area contributed by atoms with E-state index in [1.807, 2.05) is 31.2 Å². The van der Waals surface area contributed by atoms with E-state index in [4.69, 9.17) is 18.9 Å². The normalized spacial score (nSPS) is 13.1. The Morgan fingerprint density at radius 3 is 2.39 bits per heavy atom. The Labute approximate surface area is 194 Å². The molecule has 0 aliphatic carbocycles. The lowest BCUT2D eigenvalue weighted by atomic mass is 10.3. The molecule has 0 radical (unpaired) electrons. The lowest BCUT2D eigenvalue weighted by molar-refractivity contribution is -0.121. The van der Waals surface area contributed by atoms with Gasteiger partial charge in [-0.25, -0.2) is 13.1 Å². The monoisotopic (exact) mass is 478 g/mol. The number of nitrogens with one attached hydrogen (secondary N) is 2. The largest absolute Gasteiger partial charge is 0.494 e.